The third-order valence-corrected chi connectivity index (χ3v) is 3.45. The van der Waals surface area contributed by atoms with E-state index in [0.717, 1.165) is 23.4 Å². The first-order valence-corrected chi connectivity index (χ1v) is 7.36. The fourth-order valence-electron chi connectivity index (χ4n) is 2.35. The predicted octanol–water partition coefficient (Wildman–Crippen LogP) is 4.14. The summed E-state index contributed by atoms with van der Waals surface area (Å²) in [5.74, 6) is 1.99. The molecule has 0 fully saturated rings. The van der Waals surface area contributed by atoms with Gasteiger partial charge in [0, 0.05) is 12.4 Å². The molecule has 0 amide bonds. The fourth-order valence-corrected chi connectivity index (χ4v) is 2.35. The molecule has 1 aromatic carbocycles. The lowest BCUT2D eigenvalue weighted by atomic mass is 10.1. The second-order valence-electron chi connectivity index (χ2n) is 5.02. The number of methoxy groups -OCH3 is 1. The van der Waals surface area contributed by atoms with E-state index in [2.05, 4.69) is 16.6 Å². The van der Waals surface area contributed by atoms with Crippen molar-refractivity contribution < 1.29 is 9.47 Å². The van der Waals surface area contributed by atoms with Crippen molar-refractivity contribution in [2.24, 2.45) is 4.99 Å². The van der Waals surface area contributed by atoms with Gasteiger partial charge in [-0.05, 0) is 48.4 Å². The van der Waals surface area contributed by atoms with Crippen LogP contribution in [0, 0.1) is 0 Å². The minimum Gasteiger partial charge on any atom is -0.493 e. The van der Waals surface area contributed by atoms with Gasteiger partial charge in [-0.25, -0.2) is 0 Å². The molecular weight excluding hydrogens is 288 g/mol. The van der Waals surface area contributed by atoms with Crippen LogP contribution in [0.1, 0.15) is 11.3 Å². The first-order chi connectivity index (χ1) is 11.3. The summed E-state index contributed by atoms with van der Waals surface area (Å²) in [6.07, 6.45) is 10.0. The zero-order chi connectivity index (χ0) is 16.1. The van der Waals surface area contributed by atoms with Crippen LogP contribution in [0.15, 0.2) is 72.0 Å². The van der Waals surface area contributed by atoms with Crippen LogP contribution in [-0.4, -0.2) is 18.3 Å². The molecule has 1 N–H and O–H groups in total. The maximum absolute atomic E-state index is 6.13. The quantitative estimate of drug-likeness (QED) is 0.644. The van der Waals surface area contributed by atoms with Crippen molar-refractivity contribution >= 4 is 12.0 Å². The predicted molar refractivity (Wildman–Crippen MR) is 92.9 cm³/mol. The van der Waals surface area contributed by atoms with Crippen LogP contribution >= 0.6 is 0 Å². The fraction of sp³-hybridized carbons (Fsp3) is 0.105. The Morgan fingerprint density at radius 1 is 1.30 bits per heavy atom. The highest BCUT2D eigenvalue weighted by Crippen LogP contribution is 2.33. The highest BCUT2D eigenvalue weighted by molar-refractivity contribution is 5.81. The lowest BCUT2D eigenvalue weighted by Gasteiger charge is -2.14. The summed E-state index contributed by atoms with van der Waals surface area (Å²) >= 11 is 0. The number of nitrogens with one attached hydrogen (secondary N) is 1. The number of rotatable bonds is 6. The van der Waals surface area contributed by atoms with Crippen molar-refractivity contribution in [1.29, 1.82) is 0 Å². The van der Waals surface area contributed by atoms with Gasteiger partial charge in [-0.3, -0.25) is 4.99 Å². The molecule has 0 saturated heterocycles. The number of aliphatic imine (C=N–C) groups is 1. The summed E-state index contributed by atoms with van der Waals surface area (Å²) < 4.78 is 11.6. The largest absolute Gasteiger partial charge is 0.493 e. The molecule has 116 valence electrons. The summed E-state index contributed by atoms with van der Waals surface area (Å²) in [6.45, 7) is 3.76. The third kappa shape index (κ3) is 3.26. The van der Waals surface area contributed by atoms with Crippen LogP contribution in [-0.2, 0) is 6.42 Å². The number of benzene rings is 1. The van der Waals surface area contributed by atoms with Crippen molar-refractivity contribution in [2.75, 3.05) is 7.11 Å². The van der Waals surface area contributed by atoms with Crippen LogP contribution in [0.2, 0.25) is 0 Å². The lowest BCUT2D eigenvalue weighted by molar-refractivity contribution is 0.384. The Kier molecular flexibility index (Phi) is 4.43. The number of allylic oxidation sites excluding steroid dienone is 3. The molecule has 0 unspecified atom stereocenters. The molecule has 1 aromatic heterocycles. The monoisotopic (exact) mass is 306 g/mol. The van der Waals surface area contributed by atoms with Gasteiger partial charge in [0.15, 0.2) is 17.3 Å². The number of aromatic nitrogens is 1. The Morgan fingerprint density at radius 2 is 2.22 bits per heavy atom. The topological polar surface area (TPSA) is 46.6 Å². The van der Waals surface area contributed by atoms with E-state index in [9.17, 15) is 0 Å². The summed E-state index contributed by atoms with van der Waals surface area (Å²) in [5, 5.41) is 0. The van der Waals surface area contributed by atoms with Gasteiger partial charge in [0.2, 0.25) is 0 Å². The average molecular weight is 306 g/mol. The molecule has 2 heterocycles. The Hall–Kier alpha value is -3.01. The van der Waals surface area contributed by atoms with E-state index in [-0.39, 0.29) is 0 Å². The third-order valence-electron chi connectivity index (χ3n) is 3.45. The summed E-state index contributed by atoms with van der Waals surface area (Å²) in [7, 11) is 1.63. The van der Waals surface area contributed by atoms with Crippen molar-refractivity contribution in [3.8, 4) is 11.5 Å². The normalized spacial score (nSPS) is 14.8. The highest BCUT2D eigenvalue weighted by Gasteiger charge is 2.15. The summed E-state index contributed by atoms with van der Waals surface area (Å²) in [4.78, 5) is 7.49. The van der Waals surface area contributed by atoms with Crippen LogP contribution < -0.4 is 9.47 Å². The molecular formula is C19H18N2O2. The smallest absolute Gasteiger partial charge is 0.176 e. The number of hydrogen-bond donors (Lipinski definition) is 1. The van der Waals surface area contributed by atoms with Gasteiger partial charge in [-0.2, -0.15) is 0 Å². The number of H-pyrrole nitrogens is 1. The van der Waals surface area contributed by atoms with Gasteiger partial charge in [-0.15, -0.1) is 6.58 Å². The van der Waals surface area contributed by atoms with E-state index in [1.165, 1.54) is 0 Å². The number of aromatic amines is 1. The first kappa shape index (κ1) is 14.9. The van der Waals surface area contributed by atoms with Gasteiger partial charge in [0.05, 0.1) is 12.8 Å². The zero-order valence-corrected chi connectivity index (χ0v) is 13.0. The number of nitrogens with zero attached hydrogens (tertiary/aromatic N) is 1. The Labute approximate surface area is 135 Å². The molecule has 0 bridgehead atoms. The van der Waals surface area contributed by atoms with Gasteiger partial charge < -0.3 is 14.5 Å². The standard InChI is InChI=1S/C19H18N2O2/c1-3-6-14-9-10-17(18(13-14)22-2)23-19(15-7-4-11-20-15)16-8-5-12-21-16/h3-5,7-13,20H,1,6H2,2H3/b19-16-. The minimum atomic E-state index is 0.646. The van der Waals surface area contributed by atoms with Crippen molar-refractivity contribution in [2.45, 2.75) is 6.42 Å². The Balaban J connectivity index is 1.98. The molecule has 23 heavy (non-hydrogen) atoms. The average Bonchev–Trinajstić information content (AvgIpc) is 3.27. The zero-order valence-electron chi connectivity index (χ0n) is 13.0. The van der Waals surface area contributed by atoms with Crippen LogP contribution in [0.3, 0.4) is 0 Å². The minimum absolute atomic E-state index is 0.646. The molecule has 4 nitrogen and oxygen atoms in total. The van der Waals surface area contributed by atoms with Crippen molar-refractivity contribution in [3.63, 3.8) is 0 Å². The molecule has 2 aromatic rings. The maximum atomic E-state index is 6.13. The second kappa shape index (κ2) is 6.83. The van der Waals surface area contributed by atoms with Crippen molar-refractivity contribution in [1.82, 2.24) is 4.98 Å². The summed E-state index contributed by atoms with van der Waals surface area (Å²) in [6, 6.07) is 9.74. The summed E-state index contributed by atoms with van der Waals surface area (Å²) in [5.41, 5.74) is 2.75. The molecule has 1 aliphatic heterocycles. The van der Waals surface area contributed by atoms with Gasteiger partial charge in [0.25, 0.3) is 0 Å². The Bertz CT molecular complexity index is 770. The second-order valence-corrected chi connectivity index (χ2v) is 5.02. The molecule has 4 heteroatoms. The molecule has 1 aliphatic rings. The van der Waals surface area contributed by atoms with Gasteiger partial charge >= 0.3 is 0 Å². The first-order valence-electron chi connectivity index (χ1n) is 7.36. The molecule has 0 aliphatic carbocycles. The maximum Gasteiger partial charge on any atom is 0.176 e. The molecule has 0 saturated carbocycles. The van der Waals surface area contributed by atoms with Crippen LogP contribution in [0.5, 0.6) is 11.5 Å². The van der Waals surface area contributed by atoms with Crippen LogP contribution in [0.25, 0.3) is 5.76 Å². The van der Waals surface area contributed by atoms with Gasteiger partial charge in [-0.1, -0.05) is 12.1 Å². The van der Waals surface area contributed by atoms with E-state index in [0.29, 0.717) is 17.3 Å². The molecule has 0 spiro atoms. The van der Waals surface area contributed by atoms with Crippen LogP contribution in [0.4, 0.5) is 0 Å². The van der Waals surface area contributed by atoms with Crippen molar-refractivity contribution in [3.05, 3.63) is 78.3 Å². The highest BCUT2D eigenvalue weighted by atomic mass is 16.5. The van der Waals surface area contributed by atoms with E-state index in [1.807, 2.05) is 54.8 Å². The van der Waals surface area contributed by atoms with E-state index in [1.54, 1.807) is 13.3 Å². The Morgan fingerprint density at radius 3 is 2.87 bits per heavy atom. The molecule has 3 rings (SSSR count). The number of hydrogen-bond acceptors (Lipinski definition) is 3. The van der Waals surface area contributed by atoms with Gasteiger partial charge in [0.1, 0.15) is 5.70 Å². The lowest BCUT2D eigenvalue weighted by Crippen LogP contribution is -2.00. The van der Waals surface area contributed by atoms with E-state index >= 15 is 0 Å². The van der Waals surface area contributed by atoms with E-state index < -0.39 is 0 Å². The SMILES string of the molecule is C=CCc1ccc(O/C(=C2/C=CC=N2)c2ccc[nH]2)c(OC)c1. The van der Waals surface area contributed by atoms with E-state index in [4.69, 9.17) is 9.47 Å². The molecule has 0 radical (unpaired) electrons. The molecule has 0 atom stereocenters. The number of ether oxygens (including phenoxy) is 2.